The highest BCUT2D eigenvalue weighted by Gasteiger charge is 2.21. The van der Waals surface area contributed by atoms with Crippen molar-refractivity contribution in [3.05, 3.63) is 58.9 Å². The summed E-state index contributed by atoms with van der Waals surface area (Å²) in [5.41, 5.74) is 3.42. The van der Waals surface area contributed by atoms with Crippen molar-refractivity contribution in [3.63, 3.8) is 0 Å². The third-order valence-corrected chi connectivity index (χ3v) is 6.67. The molecule has 0 saturated heterocycles. The van der Waals surface area contributed by atoms with Gasteiger partial charge in [0.2, 0.25) is 10.0 Å². The number of rotatable bonds is 5. The second-order valence-electron chi connectivity index (χ2n) is 8.08. The molecule has 0 radical (unpaired) electrons. The minimum Gasteiger partial charge on any atom is -0.494 e. The number of hydrogen-bond acceptors (Lipinski definition) is 7. The summed E-state index contributed by atoms with van der Waals surface area (Å²) < 4.78 is 26.8. The highest BCUT2D eigenvalue weighted by atomic mass is 32.2. The minimum absolute atomic E-state index is 0.153. The van der Waals surface area contributed by atoms with Gasteiger partial charge >= 0.3 is 0 Å². The standard InChI is InChI=1S/C22H22N6O4S/c1-27(33(2,31)32)17-5-3-4-13(9-17)18-11-19(24-16-6-7-16)28-21(25-18)15(12-23-28)8-14-10-20(29)26-22(14)30/h3-5,8-12,16,26,29-30H,6-7H2,1-2H3. The lowest BCUT2D eigenvalue weighted by molar-refractivity contribution is 0.425. The number of fused-ring (bicyclic) bond motifs is 1. The zero-order valence-electron chi connectivity index (χ0n) is 18.0. The summed E-state index contributed by atoms with van der Waals surface area (Å²) in [6, 6.07) is 10.6. The van der Waals surface area contributed by atoms with Crippen molar-refractivity contribution in [1.82, 2.24) is 19.6 Å². The number of aromatic hydroxyl groups is 2. The fourth-order valence-electron chi connectivity index (χ4n) is 3.47. The first kappa shape index (κ1) is 21.0. The number of H-pyrrole nitrogens is 1. The van der Waals surface area contributed by atoms with E-state index in [-0.39, 0.29) is 17.8 Å². The fraction of sp³-hybridized carbons (Fsp3) is 0.227. The molecule has 11 heteroatoms. The van der Waals surface area contributed by atoms with Crippen LogP contribution >= 0.6 is 0 Å². The van der Waals surface area contributed by atoms with Crippen LogP contribution in [0.15, 0.2) is 47.6 Å². The number of anilines is 1. The SMILES string of the molecule is CN(c1cccc(-c2cc(=NC3CC3)n3ncc(=Cc4cc(O)[nH]c4O)c3n2)c1)S(C)(=O)=O. The number of sulfonamides is 1. The predicted octanol–water partition coefficient (Wildman–Crippen LogP) is 1.14. The summed E-state index contributed by atoms with van der Waals surface area (Å²) in [5.74, 6) is -0.317. The molecule has 0 amide bonds. The number of hydrogen-bond donors (Lipinski definition) is 3. The summed E-state index contributed by atoms with van der Waals surface area (Å²) >= 11 is 0. The number of aromatic nitrogens is 4. The Morgan fingerprint density at radius 2 is 2.03 bits per heavy atom. The van der Waals surface area contributed by atoms with Crippen molar-refractivity contribution in [3.8, 4) is 23.0 Å². The van der Waals surface area contributed by atoms with Crippen LogP contribution in [-0.2, 0) is 10.0 Å². The first-order valence-corrected chi connectivity index (χ1v) is 12.1. The molecule has 5 rings (SSSR count). The monoisotopic (exact) mass is 466 g/mol. The summed E-state index contributed by atoms with van der Waals surface area (Å²) in [6.45, 7) is 0. The average molecular weight is 467 g/mol. The molecule has 33 heavy (non-hydrogen) atoms. The third kappa shape index (κ3) is 4.14. The molecular weight excluding hydrogens is 444 g/mol. The maximum absolute atomic E-state index is 12.0. The molecule has 170 valence electrons. The molecule has 1 fully saturated rings. The molecule has 3 aromatic heterocycles. The van der Waals surface area contributed by atoms with Crippen molar-refractivity contribution in [2.75, 3.05) is 17.6 Å². The van der Waals surface area contributed by atoms with Gasteiger partial charge in [0.25, 0.3) is 0 Å². The van der Waals surface area contributed by atoms with Crippen LogP contribution in [0.5, 0.6) is 11.8 Å². The first-order chi connectivity index (χ1) is 15.7. The Bertz CT molecular complexity index is 1600. The third-order valence-electron chi connectivity index (χ3n) is 5.47. The van der Waals surface area contributed by atoms with Crippen LogP contribution in [0.3, 0.4) is 0 Å². The van der Waals surface area contributed by atoms with Crippen LogP contribution in [0.1, 0.15) is 18.4 Å². The van der Waals surface area contributed by atoms with E-state index in [0.29, 0.717) is 33.3 Å². The highest BCUT2D eigenvalue weighted by molar-refractivity contribution is 7.92. The van der Waals surface area contributed by atoms with Crippen LogP contribution in [0.2, 0.25) is 0 Å². The zero-order chi connectivity index (χ0) is 23.3. The van der Waals surface area contributed by atoms with E-state index in [1.807, 2.05) is 12.1 Å². The topological polar surface area (TPSA) is 136 Å². The molecule has 0 atom stereocenters. The summed E-state index contributed by atoms with van der Waals surface area (Å²) in [6.07, 6.45) is 6.48. The molecule has 4 aromatic rings. The maximum Gasteiger partial charge on any atom is 0.231 e. The Morgan fingerprint density at radius 1 is 1.24 bits per heavy atom. The normalized spacial score (nSPS) is 15.5. The predicted molar refractivity (Wildman–Crippen MR) is 123 cm³/mol. The van der Waals surface area contributed by atoms with Gasteiger partial charge in [-0.15, -0.1) is 0 Å². The van der Waals surface area contributed by atoms with E-state index < -0.39 is 10.0 Å². The van der Waals surface area contributed by atoms with Gasteiger partial charge in [-0.1, -0.05) is 12.1 Å². The van der Waals surface area contributed by atoms with Gasteiger partial charge in [-0.25, -0.2) is 13.4 Å². The Morgan fingerprint density at radius 3 is 2.70 bits per heavy atom. The summed E-state index contributed by atoms with van der Waals surface area (Å²) in [5, 5.41) is 24.7. The molecule has 1 aromatic carbocycles. The molecule has 3 N–H and O–H groups in total. The number of nitrogens with one attached hydrogen (secondary N) is 1. The Kier molecular flexibility index (Phi) is 4.85. The molecule has 0 aliphatic heterocycles. The van der Waals surface area contributed by atoms with Gasteiger partial charge < -0.3 is 10.2 Å². The lowest BCUT2D eigenvalue weighted by atomic mass is 10.1. The number of aromatic amines is 1. The lowest BCUT2D eigenvalue weighted by Gasteiger charge is -2.17. The van der Waals surface area contributed by atoms with E-state index in [1.165, 1.54) is 17.4 Å². The average Bonchev–Trinajstić information content (AvgIpc) is 3.40. The van der Waals surface area contributed by atoms with E-state index in [4.69, 9.17) is 9.98 Å². The van der Waals surface area contributed by atoms with Gasteiger partial charge in [0.05, 0.1) is 29.9 Å². The van der Waals surface area contributed by atoms with E-state index in [9.17, 15) is 18.6 Å². The molecule has 0 spiro atoms. The molecule has 10 nitrogen and oxygen atoms in total. The van der Waals surface area contributed by atoms with Crippen molar-refractivity contribution >= 4 is 27.4 Å². The largest absolute Gasteiger partial charge is 0.494 e. The lowest BCUT2D eigenvalue weighted by Crippen LogP contribution is -2.24. The summed E-state index contributed by atoms with van der Waals surface area (Å²) in [4.78, 5) is 12.0. The van der Waals surface area contributed by atoms with Crippen LogP contribution in [-0.4, -0.2) is 57.6 Å². The van der Waals surface area contributed by atoms with Gasteiger partial charge in [-0.3, -0.25) is 14.3 Å². The van der Waals surface area contributed by atoms with Crippen LogP contribution < -0.4 is 15.0 Å². The van der Waals surface area contributed by atoms with Gasteiger partial charge in [0.15, 0.2) is 22.9 Å². The fourth-order valence-corrected chi connectivity index (χ4v) is 3.97. The Labute approximate surface area is 189 Å². The second kappa shape index (κ2) is 7.62. The smallest absolute Gasteiger partial charge is 0.231 e. The van der Waals surface area contributed by atoms with E-state index >= 15 is 0 Å². The van der Waals surface area contributed by atoms with Gasteiger partial charge in [0, 0.05) is 35.5 Å². The van der Waals surface area contributed by atoms with Crippen molar-refractivity contribution in [2.24, 2.45) is 4.99 Å². The Balaban J connectivity index is 1.72. The van der Waals surface area contributed by atoms with E-state index in [2.05, 4.69) is 10.1 Å². The van der Waals surface area contributed by atoms with Crippen molar-refractivity contribution in [1.29, 1.82) is 0 Å². The number of benzene rings is 1. The molecule has 3 heterocycles. The zero-order valence-corrected chi connectivity index (χ0v) is 18.8. The summed E-state index contributed by atoms with van der Waals surface area (Å²) in [7, 11) is -1.91. The molecular formula is C22H22N6O4S. The molecule has 0 unspecified atom stereocenters. The quantitative estimate of drug-likeness (QED) is 0.404. The first-order valence-electron chi connectivity index (χ1n) is 10.3. The number of nitrogens with zero attached hydrogens (tertiary/aromatic N) is 5. The van der Waals surface area contributed by atoms with Crippen molar-refractivity contribution < 1.29 is 18.6 Å². The Hall–Kier alpha value is -3.86. The van der Waals surface area contributed by atoms with Gasteiger partial charge in [-0.2, -0.15) is 9.61 Å². The minimum atomic E-state index is -3.41. The maximum atomic E-state index is 12.0. The highest BCUT2D eigenvalue weighted by Crippen LogP contribution is 2.25. The van der Waals surface area contributed by atoms with Gasteiger partial charge in [0.1, 0.15) is 0 Å². The van der Waals surface area contributed by atoms with Crippen molar-refractivity contribution in [2.45, 2.75) is 18.9 Å². The molecule has 1 saturated carbocycles. The molecule has 1 aliphatic rings. The molecule has 1 aliphatic carbocycles. The molecule has 0 bridgehead atoms. The van der Waals surface area contributed by atoms with Crippen LogP contribution in [0.25, 0.3) is 23.0 Å². The second-order valence-corrected chi connectivity index (χ2v) is 10.1. The van der Waals surface area contributed by atoms with E-state index in [0.717, 1.165) is 24.7 Å². The van der Waals surface area contributed by atoms with Crippen LogP contribution in [0, 0.1) is 0 Å². The van der Waals surface area contributed by atoms with Gasteiger partial charge in [-0.05, 0) is 31.1 Å². The van der Waals surface area contributed by atoms with Crippen LogP contribution in [0.4, 0.5) is 5.69 Å². The van der Waals surface area contributed by atoms with E-state index in [1.54, 1.807) is 35.0 Å².